The molecule has 1 unspecified atom stereocenters. The smallest absolute Gasteiger partial charge is 0.305 e. The van der Waals surface area contributed by atoms with Crippen molar-refractivity contribution in [2.24, 2.45) is 34.4 Å². The predicted octanol–water partition coefficient (Wildman–Crippen LogP) is -5.14. The quantitative estimate of drug-likeness (QED) is 0.00851. The van der Waals surface area contributed by atoms with Gasteiger partial charge in [0.05, 0.1) is 57.9 Å². The van der Waals surface area contributed by atoms with Crippen molar-refractivity contribution in [3.8, 4) is 0 Å². The molecule has 139 heavy (non-hydrogen) atoms. The largest absolute Gasteiger partial charge is 0.481 e. The maximum Gasteiger partial charge on any atom is 0.305 e. The Balaban J connectivity index is 1.17. The van der Waals surface area contributed by atoms with Crippen LogP contribution in [0.25, 0.3) is 21.5 Å². The number of anilines is 2. The van der Waals surface area contributed by atoms with Crippen molar-refractivity contribution in [2.75, 3.05) is 75.2 Å². The highest BCUT2D eigenvalue weighted by Gasteiger charge is 2.46. The number of guanidine groups is 4. The van der Waals surface area contributed by atoms with Gasteiger partial charge in [-0.3, -0.25) is 108 Å². The highest BCUT2D eigenvalue weighted by Crippen LogP contribution is 2.52. The average Bonchev–Trinajstić information content (AvgIpc) is 1.58. The van der Waals surface area contributed by atoms with Crippen molar-refractivity contribution in [3.63, 3.8) is 0 Å². The Morgan fingerprint density at radius 3 is 1.04 bits per heavy atom. The zero-order valence-electron chi connectivity index (χ0n) is 77.1. The molecule has 0 saturated heterocycles. The fourth-order valence-corrected chi connectivity index (χ4v) is 15.7. The van der Waals surface area contributed by atoms with Crippen molar-refractivity contribution < 1.29 is 107 Å². The number of benzene rings is 4. The number of hydrogen-bond donors (Lipinski definition) is 30. The van der Waals surface area contributed by atoms with Gasteiger partial charge in [0.15, 0.2) is 23.8 Å². The summed E-state index contributed by atoms with van der Waals surface area (Å²) in [6.45, 7) is 5.14. The fraction of sp³-hybridized carbons (Fsp3) is 0.438. The maximum atomic E-state index is 14.3. The summed E-state index contributed by atoms with van der Waals surface area (Å²) >= 11 is 0. The van der Waals surface area contributed by atoms with Gasteiger partial charge in [-0.15, -0.1) is 0 Å². The van der Waals surface area contributed by atoms with Crippen LogP contribution in [0.15, 0.2) is 121 Å². The molecule has 14 amide bonds. The lowest BCUT2D eigenvalue weighted by atomic mass is 9.78. The molecule has 50 heteroatoms. The molecule has 0 fully saturated rings. The van der Waals surface area contributed by atoms with Crippen molar-refractivity contribution in [1.82, 2.24) is 85.1 Å². The van der Waals surface area contributed by atoms with Crippen LogP contribution in [0.2, 0.25) is 0 Å². The summed E-state index contributed by atoms with van der Waals surface area (Å²) in [5.41, 5.74) is 35.3. The topological polar surface area (TPSA) is 839 Å². The Kier molecular flexibility index (Phi) is 43.3. The van der Waals surface area contributed by atoms with Crippen LogP contribution in [0, 0.1) is 21.6 Å². The van der Waals surface area contributed by atoms with Gasteiger partial charge in [-0.05, 0) is 102 Å². The Morgan fingerprint density at radius 2 is 0.676 bits per heavy atom. The second-order valence-corrected chi connectivity index (χ2v) is 33.5. The number of nitrogens with two attached hydrogens (primary N) is 6. The molecule has 0 spiro atoms. The number of carboxylic acid groups (broad SMARTS) is 4. The molecule has 0 aromatic heterocycles. The number of nitrogens with one attached hydrogen (secondary N) is 20. The molecular formula is C89H124N28O22. The molecule has 0 saturated carbocycles. The Labute approximate surface area is 797 Å². The normalized spacial score (nSPS) is 15.2. The number of amides is 14. The van der Waals surface area contributed by atoms with Gasteiger partial charge in [-0.25, -0.2) is 0 Å². The molecule has 4 aromatic rings. The van der Waals surface area contributed by atoms with E-state index in [1.807, 2.05) is 120 Å². The summed E-state index contributed by atoms with van der Waals surface area (Å²) in [5, 5.41) is 110. The maximum absolute atomic E-state index is 14.3. The molecule has 36 N–H and O–H groups in total. The van der Waals surface area contributed by atoms with Gasteiger partial charge in [-0.1, -0.05) is 125 Å². The fourth-order valence-electron chi connectivity index (χ4n) is 15.7. The van der Waals surface area contributed by atoms with Gasteiger partial charge in [-0.2, -0.15) is 0 Å². The minimum absolute atomic E-state index is 0.00618. The zero-order valence-corrected chi connectivity index (χ0v) is 77.1. The van der Waals surface area contributed by atoms with E-state index >= 15 is 0 Å². The molecule has 0 radical (unpaired) electrons. The molecule has 50 nitrogen and oxygen atoms in total. The Morgan fingerprint density at radius 1 is 0.360 bits per heavy atom. The minimum atomic E-state index is -1.90. The number of nitrogens with zero attached hydrogens (tertiary/aromatic N) is 2. The Bertz CT molecular complexity index is 5390. The van der Waals surface area contributed by atoms with Gasteiger partial charge in [0.2, 0.25) is 82.7 Å². The van der Waals surface area contributed by atoms with E-state index in [9.17, 15) is 96.5 Å². The first-order valence-corrected chi connectivity index (χ1v) is 44.2. The zero-order chi connectivity index (χ0) is 103. The van der Waals surface area contributed by atoms with Crippen molar-refractivity contribution in [2.45, 2.75) is 183 Å². The summed E-state index contributed by atoms with van der Waals surface area (Å²) in [6.07, 6.45) is 8.67. The highest BCUT2D eigenvalue weighted by atomic mass is 16.4. The molecule has 2 aliphatic heterocycles. The number of allylic oxidation sites excluding steroid dienone is 7. The summed E-state index contributed by atoms with van der Waals surface area (Å²) in [4.78, 5) is 238. The van der Waals surface area contributed by atoms with Crippen LogP contribution in [-0.4, -0.2) is 271 Å². The van der Waals surface area contributed by atoms with E-state index in [0.717, 1.165) is 49.7 Å². The van der Waals surface area contributed by atoms with Crippen LogP contribution in [0.1, 0.15) is 129 Å². The number of primary amides is 2. The van der Waals surface area contributed by atoms with Crippen LogP contribution in [-0.2, 0) is 97.1 Å². The van der Waals surface area contributed by atoms with Gasteiger partial charge in [0, 0.05) is 80.0 Å². The molecule has 0 bridgehead atoms. The monoisotopic (exact) mass is 1940 g/mol. The third kappa shape index (κ3) is 36.0. The molecule has 0 aliphatic carbocycles. The first-order chi connectivity index (χ1) is 65.7. The van der Waals surface area contributed by atoms with E-state index in [2.05, 4.69) is 118 Å². The highest BCUT2D eigenvalue weighted by molar-refractivity contribution is 6.02. The van der Waals surface area contributed by atoms with Gasteiger partial charge in [0.25, 0.3) is 0 Å². The van der Waals surface area contributed by atoms with Crippen molar-refractivity contribution in [1.29, 1.82) is 21.6 Å². The number of aliphatic carboxylic acids is 4. The third-order valence-corrected chi connectivity index (χ3v) is 22.2. The van der Waals surface area contributed by atoms with Crippen LogP contribution in [0.5, 0.6) is 0 Å². The second-order valence-electron chi connectivity index (χ2n) is 33.5. The van der Waals surface area contributed by atoms with Gasteiger partial charge >= 0.3 is 23.9 Å². The van der Waals surface area contributed by atoms with Gasteiger partial charge < -0.3 is 150 Å². The lowest BCUT2D eigenvalue weighted by Gasteiger charge is -2.32. The van der Waals surface area contributed by atoms with E-state index in [0.29, 0.717) is 0 Å². The summed E-state index contributed by atoms with van der Waals surface area (Å²) in [5.74, 6) is -21.8. The predicted molar refractivity (Wildman–Crippen MR) is 509 cm³/mol. The van der Waals surface area contributed by atoms with Crippen LogP contribution >= 0.6 is 0 Å². The molecule has 4 aromatic carbocycles. The number of carbonyl (C=O) groups excluding carboxylic acids is 14. The van der Waals surface area contributed by atoms with Crippen LogP contribution < -0.4 is 129 Å². The van der Waals surface area contributed by atoms with E-state index in [4.69, 9.17) is 66.3 Å². The summed E-state index contributed by atoms with van der Waals surface area (Å²) < 4.78 is 0. The van der Waals surface area contributed by atoms with E-state index in [1.165, 1.54) is 0 Å². The molecular weight excluding hydrogens is 1810 g/mol. The number of carboxylic acids is 4. The van der Waals surface area contributed by atoms with Crippen LogP contribution in [0.4, 0.5) is 11.4 Å². The van der Waals surface area contributed by atoms with E-state index < -0.39 is 236 Å². The second kappa shape index (κ2) is 54.1. The molecule has 2 aliphatic rings. The lowest BCUT2D eigenvalue weighted by Crippen LogP contribution is -2.56. The van der Waals surface area contributed by atoms with Crippen LogP contribution in [0.3, 0.4) is 0 Å². The number of fused-ring (bicyclic) bond motifs is 6. The number of rotatable bonds is 58. The Hall–Kier alpha value is -16.5. The SMILES string of the molecule is CC1(C)\C(=C/C=C/C=C/C=C/C2N(CCC(=O)N[C@@H](CCCNC(=N)N)C(=O)NCC(=O)N[C@@H](CC(=O)O)C(=O)N[C@@H](CCCNC(=N)N)C(=O)NCC(=O)N[C@@H](CC(=O)O)C(N)=O)c3ccc4ccccc4c3C2(C)C)N(CCC(=O)N[C@@H](CCCNC(=N)N)C(=O)NCC(=O)N[C@@H](CC(=O)O)C(=O)N[C@@H](CCCNC(=N)N)C(=O)NCC(=O)N[C@@H](CC(=O)O)C(N)=O)c2ccc3ccccc3c21. The number of hydrogen-bond acceptors (Lipinski definition) is 24. The number of carbonyl (C=O) groups is 18. The van der Waals surface area contributed by atoms with Gasteiger partial charge in [0.1, 0.15) is 48.3 Å². The molecule has 9 atom stereocenters. The standard InChI is InChI=1S/C89H124N28O22/c1-88(2)62(116(60-30-28-48-18-10-12-20-50(48)74(60)88)38-32-64(118)108-52(22-14-34-100-84(92)93)78(134)104-46-68(122)112-58(42-72(128)129)82(138)114-54(24-16-36-102-86(96)97)80(136)106-44-66(120)110-56(76(90)132)40-70(124)125)26-8-6-5-7-9-27-63-89(3,4)75-51-21-13-11-19-49(51)29-31-61(75)117(63)39-33-65(119)109-53(23-15-35-101-85(94)95)79(135)105-47-69(123)113-59(43-73(130)131)83(139)115-55(25-17-37-103-87(98)99)81(137)107-45-67(121)111-57(77(91)133)41-71(126)127/h5-13,18-21,26-31,52-59,62H,14-17,22-25,32-47H2,1-4H3,(H2,90,132)(H2,91,133)(H,104,134)(H,105,135)(H,106,136)(H,107,137)(H,108,118)(H,109,119)(H,110,120)(H,111,121)(H,112,122)(H,113,123)(H,114,138)(H,115,139)(H,124,125)(H,126,127)(H,128,129)(H,130,131)(H4,92,93,100)(H4,94,95,101)(H4,96,97,102)(H4,98,99,103)/b6-5+,9-7+,26-8+,63-27+/t52-,53-,54-,55-,56-,57-,58-,59-,62?/m0/s1. The summed E-state index contributed by atoms with van der Waals surface area (Å²) in [7, 11) is 0. The lowest BCUT2D eigenvalue weighted by molar-refractivity contribution is -0.141. The molecule has 6 rings (SSSR count). The van der Waals surface area contributed by atoms with Crippen molar-refractivity contribution in [3.05, 3.63) is 132 Å². The molecule has 2 heterocycles. The first-order valence-electron chi connectivity index (χ1n) is 44.2. The minimum Gasteiger partial charge on any atom is -0.481 e. The van der Waals surface area contributed by atoms with E-state index in [-0.39, 0.29) is 115 Å². The third-order valence-electron chi connectivity index (χ3n) is 22.2. The molecule has 752 valence electrons. The first kappa shape index (κ1) is 111. The van der Waals surface area contributed by atoms with Crippen molar-refractivity contribution >= 4 is 163 Å². The average molecular weight is 1940 g/mol. The van der Waals surface area contributed by atoms with E-state index in [1.54, 1.807) is 0 Å². The summed E-state index contributed by atoms with van der Waals surface area (Å²) in [6, 6.07) is 10.3.